The van der Waals surface area contributed by atoms with Gasteiger partial charge in [-0.05, 0) is 44.5 Å². The highest BCUT2D eigenvalue weighted by molar-refractivity contribution is 5.35. The highest BCUT2D eigenvalue weighted by atomic mass is 16.5. The van der Waals surface area contributed by atoms with Gasteiger partial charge < -0.3 is 10.1 Å². The summed E-state index contributed by atoms with van der Waals surface area (Å²) in [4.78, 5) is 0. The predicted molar refractivity (Wildman–Crippen MR) is 88.5 cm³/mol. The van der Waals surface area contributed by atoms with Gasteiger partial charge in [0.05, 0.1) is 6.04 Å². The molecule has 0 amide bonds. The van der Waals surface area contributed by atoms with E-state index in [4.69, 9.17) is 4.74 Å². The van der Waals surface area contributed by atoms with Crippen LogP contribution in [0.2, 0.25) is 0 Å². The third-order valence-corrected chi connectivity index (χ3v) is 3.86. The molecule has 0 aliphatic rings. The molecule has 1 N–H and O–H groups in total. The van der Waals surface area contributed by atoms with Crippen molar-refractivity contribution in [3.63, 3.8) is 0 Å². The molecule has 2 heteroatoms. The Labute approximate surface area is 128 Å². The molecule has 0 heterocycles. The van der Waals surface area contributed by atoms with Gasteiger partial charge in [0.15, 0.2) is 0 Å². The molecule has 2 rings (SSSR count). The van der Waals surface area contributed by atoms with E-state index in [1.165, 1.54) is 22.3 Å². The maximum Gasteiger partial charge on any atom is 0.102 e. The third kappa shape index (κ3) is 3.72. The molecule has 0 fully saturated rings. The highest BCUT2D eigenvalue weighted by Crippen LogP contribution is 2.33. The van der Waals surface area contributed by atoms with Crippen molar-refractivity contribution in [3.8, 4) is 0 Å². The Balaban J connectivity index is 2.43. The van der Waals surface area contributed by atoms with E-state index < -0.39 is 0 Å². The Morgan fingerprint density at radius 1 is 1.05 bits per heavy atom. The molecule has 2 aromatic carbocycles. The molecule has 0 aliphatic heterocycles. The standard InChI is InChI=1S/C19H25NO/c1-5-21-19(16-9-7-6-8-10-16)18(20-4)17-13-14(2)11-12-15(17)3/h6-13,18-20H,5H2,1-4H3. The summed E-state index contributed by atoms with van der Waals surface area (Å²) in [5.74, 6) is 0. The Hall–Kier alpha value is -1.64. The molecule has 2 nitrogen and oxygen atoms in total. The molecule has 2 unspecified atom stereocenters. The molecule has 21 heavy (non-hydrogen) atoms. The van der Waals surface area contributed by atoms with Crippen LogP contribution >= 0.6 is 0 Å². The van der Waals surface area contributed by atoms with E-state index in [-0.39, 0.29) is 12.1 Å². The van der Waals surface area contributed by atoms with E-state index in [1.807, 2.05) is 20.0 Å². The molecule has 0 saturated heterocycles. The summed E-state index contributed by atoms with van der Waals surface area (Å²) in [5, 5.41) is 3.44. The van der Waals surface area contributed by atoms with E-state index in [1.54, 1.807) is 0 Å². The Kier molecular flexibility index (Phi) is 5.54. The van der Waals surface area contributed by atoms with E-state index in [2.05, 4.69) is 61.6 Å². The first-order chi connectivity index (χ1) is 10.2. The molecule has 0 saturated carbocycles. The number of likely N-dealkylation sites (N-methyl/N-ethyl adjacent to an activating group) is 1. The van der Waals surface area contributed by atoms with Gasteiger partial charge in [-0.1, -0.05) is 54.1 Å². The number of hydrogen-bond acceptors (Lipinski definition) is 2. The van der Waals surface area contributed by atoms with Gasteiger partial charge >= 0.3 is 0 Å². The van der Waals surface area contributed by atoms with Crippen molar-refractivity contribution in [2.24, 2.45) is 0 Å². The molecule has 0 spiro atoms. The van der Waals surface area contributed by atoms with Crippen molar-refractivity contribution in [1.82, 2.24) is 5.32 Å². The molecule has 0 bridgehead atoms. The number of ether oxygens (including phenoxy) is 1. The summed E-state index contributed by atoms with van der Waals surface area (Å²) in [5.41, 5.74) is 5.08. The summed E-state index contributed by atoms with van der Waals surface area (Å²) in [6.07, 6.45) is 0.0155. The molecule has 0 aromatic heterocycles. The number of benzene rings is 2. The normalized spacial score (nSPS) is 13.9. The average Bonchev–Trinajstić information content (AvgIpc) is 2.51. The van der Waals surface area contributed by atoms with Gasteiger partial charge in [-0.25, -0.2) is 0 Å². The Bertz CT molecular complexity index is 565. The van der Waals surface area contributed by atoms with Crippen molar-refractivity contribution in [1.29, 1.82) is 0 Å². The van der Waals surface area contributed by atoms with Crippen LogP contribution in [-0.2, 0) is 4.74 Å². The highest BCUT2D eigenvalue weighted by Gasteiger charge is 2.25. The molecule has 2 atom stereocenters. The van der Waals surface area contributed by atoms with Crippen LogP contribution in [0.15, 0.2) is 48.5 Å². The minimum atomic E-state index is 0.0155. The summed E-state index contributed by atoms with van der Waals surface area (Å²) in [6, 6.07) is 17.2. The second-order valence-corrected chi connectivity index (χ2v) is 5.41. The molecule has 0 aliphatic carbocycles. The fourth-order valence-corrected chi connectivity index (χ4v) is 2.77. The third-order valence-electron chi connectivity index (χ3n) is 3.86. The van der Waals surface area contributed by atoms with Crippen LogP contribution in [0.5, 0.6) is 0 Å². The van der Waals surface area contributed by atoms with E-state index in [9.17, 15) is 0 Å². The Morgan fingerprint density at radius 3 is 2.38 bits per heavy atom. The number of hydrogen-bond donors (Lipinski definition) is 1. The van der Waals surface area contributed by atoms with Crippen molar-refractivity contribution >= 4 is 0 Å². The van der Waals surface area contributed by atoms with Crippen LogP contribution in [0.1, 0.15) is 41.3 Å². The molecular formula is C19H25NO. The van der Waals surface area contributed by atoms with Gasteiger partial charge in [0.25, 0.3) is 0 Å². The van der Waals surface area contributed by atoms with Gasteiger partial charge in [0.1, 0.15) is 6.10 Å². The van der Waals surface area contributed by atoms with Crippen molar-refractivity contribution in [2.45, 2.75) is 32.9 Å². The van der Waals surface area contributed by atoms with E-state index in [0.717, 1.165) is 0 Å². The van der Waals surface area contributed by atoms with Crippen LogP contribution in [0, 0.1) is 13.8 Å². The summed E-state index contributed by atoms with van der Waals surface area (Å²) >= 11 is 0. The SMILES string of the molecule is CCOC(c1ccccc1)C(NC)c1cc(C)ccc1C. The lowest BCUT2D eigenvalue weighted by Crippen LogP contribution is -2.26. The quantitative estimate of drug-likeness (QED) is 0.851. The smallest absolute Gasteiger partial charge is 0.102 e. The van der Waals surface area contributed by atoms with Gasteiger partial charge in [-0.2, -0.15) is 0 Å². The second kappa shape index (κ2) is 7.39. The van der Waals surface area contributed by atoms with Crippen molar-refractivity contribution < 1.29 is 4.74 Å². The summed E-state index contributed by atoms with van der Waals surface area (Å²) in [7, 11) is 2.00. The fraction of sp³-hybridized carbons (Fsp3) is 0.368. The minimum absolute atomic E-state index is 0.0155. The minimum Gasteiger partial charge on any atom is -0.372 e. The van der Waals surface area contributed by atoms with E-state index in [0.29, 0.717) is 6.61 Å². The first kappa shape index (κ1) is 15.7. The van der Waals surface area contributed by atoms with Crippen LogP contribution in [0.4, 0.5) is 0 Å². The first-order valence-corrected chi connectivity index (χ1v) is 7.58. The monoisotopic (exact) mass is 283 g/mol. The van der Waals surface area contributed by atoms with Crippen LogP contribution in [-0.4, -0.2) is 13.7 Å². The average molecular weight is 283 g/mol. The predicted octanol–water partition coefficient (Wildman–Crippen LogP) is 4.34. The van der Waals surface area contributed by atoms with Crippen LogP contribution in [0.3, 0.4) is 0 Å². The first-order valence-electron chi connectivity index (χ1n) is 7.58. The lowest BCUT2D eigenvalue weighted by atomic mass is 9.91. The van der Waals surface area contributed by atoms with Gasteiger partial charge in [0, 0.05) is 6.61 Å². The lowest BCUT2D eigenvalue weighted by molar-refractivity contribution is 0.0345. The van der Waals surface area contributed by atoms with Gasteiger partial charge in [-0.3, -0.25) is 0 Å². The van der Waals surface area contributed by atoms with Crippen LogP contribution < -0.4 is 5.32 Å². The zero-order valence-corrected chi connectivity index (χ0v) is 13.4. The Morgan fingerprint density at radius 2 is 1.76 bits per heavy atom. The van der Waals surface area contributed by atoms with Crippen LogP contribution in [0.25, 0.3) is 0 Å². The number of rotatable bonds is 6. The van der Waals surface area contributed by atoms with Gasteiger partial charge in [0.2, 0.25) is 0 Å². The maximum absolute atomic E-state index is 6.07. The molecule has 2 aromatic rings. The largest absolute Gasteiger partial charge is 0.372 e. The molecule has 112 valence electrons. The second-order valence-electron chi connectivity index (χ2n) is 5.41. The van der Waals surface area contributed by atoms with Crippen molar-refractivity contribution in [2.75, 3.05) is 13.7 Å². The summed E-state index contributed by atoms with van der Waals surface area (Å²) in [6.45, 7) is 7.04. The number of nitrogens with one attached hydrogen (secondary N) is 1. The topological polar surface area (TPSA) is 21.3 Å². The fourth-order valence-electron chi connectivity index (χ4n) is 2.77. The van der Waals surface area contributed by atoms with Gasteiger partial charge in [-0.15, -0.1) is 0 Å². The van der Waals surface area contributed by atoms with Crippen molar-refractivity contribution in [3.05, 3.63) is 70.8 Å². The zero-order chi connectivity index (χ0) is 15.2. The zero-order valence-electron chi connectivity index (χ0n) is 13.4. The van der Waals surface area contributed by atoms with E-state index >= 15 is 0 Å². The lowest BCUT2D eigenvalue weighted by Gasteiger charge is -2.29. The maximum atomic E-state index is 6.07. The summed E-state index contributed by atoms with van der Waals surface area (Å²) < 4.78 is 6.07. The molecular weight excluding hydrogens is 258 g/mol. The molecule has 0 radical (unpaired) electrons. The number of aryl methyl sites for hydroxylation is 2.